The minimum absolute atomic E-state index is 0.0143. The van der Waals surface area contributed by atoms with Gasteiger partial charge in [0, 0.05) is 24.9 Å². The topological polar surface area (TPSA) is 85.2 Å². The summed E-state index contributed by atoms with van der Waals surface area (Å²) in [5, 5.41) is 20.6. The second-order valence-corrected chi connectivity index (χ2v) is 10.7. The van der Waals surface area contributed by atoms with Crippen LogP contribution in [-0.4, -0.2) is 53.3 Å². The summed E-state index contributed by atoms with van der Waals surface area (Å²) < 4.78 is 18.1. The van der Waals surface area contributed by atoms with Gasteiger partial charge in [-0.25, -0.2) is 4.79 Å². The molecule has 6 heteroatoms. The molecule has 0 radical (unpaired) electrons. The molecule has 1 fully saturated rings. The van der Waals surface area contributed by atoms with E-state index < -0.39 is 18.3 Å². The minimum Gasteiger partial charge on any atom is -0.478 e. The Balaban J connectivity index is 1.49. The summed E-state index contributed by atoms with van der Waals surface area (Å²) in [6, 6.07) is 9.33. The molecule has 1 saturated heterocycles. The van der Waals surface area contributed by atoms with Crippen molar-refractivity contribution in [3.8, 4) is 5.75 Å². The van der Waals surface area contributed by atoms with E-state index in [1.807, 2.05) is 50.3 Å². The van der Waals surface area contributed by atoms with Gasteiger partial charge in [-0.05, 0) is 55.2 Å². The van der Waals surface area contributed by atoms with Crippen molar-refractivity contribution in [2.24, 2.45) is 23.7 Å². The molecule has 0 spiro atoms. The monoisotopic (exact) mass is 484 g/mol. The van der Waals surface area contributed by atoms with E-state index in [-0.39, 0.29) is 35.9 Å². The molecule has 4 rings (SSSR count). The number of ether oxygens (including phenoxy) is 3. The van der Waals surface area contributed by atoms with Crippen molar-refractivity contribution in [1.82, 2.24) is 0 Å². The van der Waals surface area contributed by atoms with Crippen LogP contribution in [-0.2, 0) is 14.3 Å². The van der Waals surface area contributed by atoms with Gasteiger partial charge < -0.3 is 24.4 Å². The molecule has 35 heavy (non-hydrogen) atoms. The molecule has 1 aromatic rings. The third-order valence-electron chi connectivity index (χ3n) is 7.65. The zero-order chi connectivity index (χ0) is 24.9. The Bertz CT molecular complexity index is 894. The smallest absolute Gasteiger partial charge is 0.347 e. The molecule has 1 aromatic carbocycles. The van der Waals surface area contributed by atoms with Crippen LogP contribution in [0.4, 0.5) is 0 Å². The van der Waals surface area contributed by atoms with Crippen molar-refractivity contribution in [1.29, 1.82) is 0 Å². The number of benzene rings is 1. The average Bonchev–Trinajstić information content (AvgIpc) is 2.82. The number of allylic oxidation sites excluding steroid dienone is 2. The quantitative estimate of drug-likeness (QED) is 0.530. The predicted molar refractivity (Wildman–Crippen MR) is 134 cm³/mol. The fourth-order valence-corrected chi connectivity index (χ4v) is 5.74. The van der Waals surface area contributed by atoms with Crippen molar-refractivity contribution in [2.45, 2.75) is 83.4 Å². The van der Waals surface area contributed by atoms with E-state index in [4.69, 9.17) is 14.2 Å². The third-order valence-corrected chi connectivity index (χ3v) is 7.65. The first kappa shape index (κ1) is 25.9. The summed E-state index contributed by atoms with van der Waals surface area (Å²) in [6.07, 6.45) is 7.67. The number of aliphatic hydroxyl groups excluding tert-OH is 2. The normalized spacial score (nSPS) is 33.5. The van der Waals surface area contributed by atoms with E-state index in [0.717, 1.165) is 18.4 Å². The lowest BCUT2D eigenvalue weighted by Crippen LogP contribution is -2.45. The predicted octanol–water partition coefficient (Wildman–Crippen LogP) is 4.45. The highest BCUT2D eigenvalue weighted by atomic mass is 16.6. The Labute approximate surface area is 209 Å². The first-order valence-corrected chi connectivity index (χ1v) is 13.1. The summed E-state index contributed by atoms with van der Waals surface area (Å²) in [7, 11) is 0. The van der Waals surface area contributed by atoms with Gasteiger partial charge in [0.1, 0.15) is 11.9 Å². The van der Waals surface area contributed by atoms with E-state index in [0.29, 0.717) is 37.5 Å². The minimum atomic E-state index is -0.726. The summed E-state index contributed by atoms with van der Waals surface area (Å²) in [5.74, 6) is 0.758. The molecule has 0 saturated carbocycles. The van der Waals surface area contributed by atoms with Crippen molar-refractivity contribution in [2.75, 3.05) is 6.61 Å². The maximum absolute atomic E-state index is 13.4. The lowest BCUT2D eigenvalue weighted by Gasteiger charge is -2.43. The molecule has 0 amide bonds. The number of carbonyl (C=O) groups excluding carboxylic acids is 1. The van der Waals surface area contributed by atoms with Gasteiger partial charge in [0.05, 0.1) is 18.3 Å². The van der Waals surface area contributed by atoms with Gasteiger partial charge in [-0.2, -0.15) is 0 Å². The zero-order valence-electron chi connectivity index (χ0n) is 21.1. The largest absolute Gasteiger partial charge is 0.478 e. The number of hydrogen-bond acceptors (Lipinski definition) is 6. The van der Waals surface area contributed by atoms with Crippen LogP contribution in [0, 0.1) is 23.7 Å². The standard InChI is InChI=1S/C29H40O6/c1-18(2)28(34-23-7-5-4-6-8-23)29(32)35-26-17-22(31)15-20-10-9-19(3)25(27(20)26)12-11-24-16-21(30)13-14-33-24/h4-10,15,18-19,21-22,24-28,30-31H,11-14,16-17H2,1-3H3/t19-,21+,22+,24+,25-,26-,27-,28?/m0/s1. The fourth-order valence-electron chi connectivity index (χ4n) is 5.74. The van der Waals surface area contributed by atoms with Crippen LogP contribution in [0.5, 0.6) is 5.75 Å². The summed E-state index contributed by atoms with van der Waals surface area (Å²) in [6.45, 7) is 6.70. The molecule has 8 atom stereocenters. The summed E-state index contributed by atoms with van der Waals surface area (Å²) in [5.41, 5.74) is 1.04. The van der Waals surface area contributed by atoms with Gasteiger partial charge >= 0.3 is 5.97 Å². The van der Waals surface area contributed by atoms with Crippen molar-refractivity contribution >= 4 is 5.97 Å². The average molecular weight is 485 g/mol. The fraction of sp³-hybridized carbons (Fsp3) is 0.621. The Kier molecular flexibility index (Phi) is 8.68. The highest BCUT2D eigenvalue weighted by Crippen LogP contribution is 2.44. The number of carbonyl (C=O) groups is 1. The lowest BCUT2D eigenvalue weighted by atomic mass is 9.66. The molecule has 1 unspecified atom stereocenters. The Morgan fingerprint density at radius 1 is 1.14 bits per heavy atom. The Morgan fingerprint density at radius 3 is 2.63 bits per heavy atom. The van der Waals surface area contributed by atoms with Crippen molar-refractivity contribution < 1.29 is 29.2 Å². The SMILES string of the molecule is CC(C)C(Oc1ccccc1)C(=O)O[C@H]1C[C@H](O)C=C2C=C[C@H](C)[C@H](CC[C@@H]3C[C@H](O)CCO3)[C@H]21. The first-order chi connectivity index (χ1) is 16.8. The second-order valence-electron chi connectivity index (χ2n) is 10.7. The van der Waals surface area contributed by atoms with Crippen molar-refractivity contribution in [3.63, 3.8) is 0 Å². The van der Waals surface area contributed by atoms with Gasteiger partial charge in [-0.15, -0.1) is 0 Å². The zero-order valence-corrected chi connectivity index (χ0v) is 21.1. The number of aliphatic hydroxyl groups is 2. The third kappa shape index (κ3) is 6.54. The molecule has 192 valence electrons. The van der Waals surface area contributed by atoms with Crippen LogP contribution >= 0.6 is 0 Å². The molecule has 2 N–H and O–H groups in total. The van der Waals surface area contributed by atoms with E-state index in [1.54, 1.807) is 0 Å². The number of hydrogen-bond donors (Lipinski definition) is 2. The number of para-hydroxylation sites is 1. The maximum Gasteiger partial charge on any atom is 0.347 e. The molecule has 1 heterocycles. The van der Waals surface area contributed by atoms with Gasteiger partial charge in [0.2, 0.25) is 0 Å². The van der Waals surface area contributed by atoms with Gasteiger partial charge in [0.15, 0.2) is 6.10 Å². The van der Waals surface area contributed by atoms with Crippen LogP contribution in [0.25, 0.3) is 0 Å². The molecule has 6 nitrogen and oxygen atoms in total. The van der Waals surface area contributed by atoms with Crippen LogP contribution in [0.1, 0.15) is 52.9 Å². The number of rotatable bonds is 8. The van der Waals surface area contributed by atoms with Crippen LogP contribution in [0.15, 0.2) is 54.1 Å². The number of esters is 1. The van der Waals surface area contributed by atoms with Crippen LogP contribution in [0.2, 0.25) is 0 Å². The van der Waals surface area contributed by atoms with E-state index in [9.17, 15) is 15.0 Å². The van der Waals surface area contributed by atoms with Gasteiger partial charge in [-0.3, -0.25) is 0 Å². The number of fused-ring (bicyclic) bond motifs is 1. The molecule has 0 bridgehead atoms. The Hall–Kier alpha value is -2.15. The summed E-state index contributed by atoms with van der Waals surface area (Å²) in [4.78, 5) is 13.4. The summed E-state index contributed by atoms with van der Waals surface area (Å²) >= 11 is 0. The van der Waals surface area contributed by atoms with Gasteiger partial charge in [-0.1, -0.05) is 57.2 Å². The molecule has 3 aliphatic rings. The molecular formula is C29H40O6. The Morgan fingerprint density at radius 2 is 1.91 bits per heavy atom. The van der Waals surface area contributed by atoms with Crippen LogP contribution in [0.3, 0.4) is 0 Å². The van der Waals surface area contributed by atoms with Crippen LogP contribution < -0.4 is 4.74 Å². The molecular weight excluding hydrogens is 444 g/mol. The molecule has 1 aliphatic heterocycles. The second kappa shape index (κ2) is 11.7. The highest BCUT2D eigenvalue weighted by molar-refractivity contribution is 5.75. The van der Waals surface area contributed by atoms with E-state index >= 15 is 0 Å². The lowest BCUT2D eigenvalue weighted by molar-refractivity contribution is -0.165. The van der Waals surface area contributed by atoms with Crippen molar-refractivity contribution in [3.05, 3.63) is 54.1 Å². The highest BCUT2D eigenvalue weighted by Gasteiger charge is 2.43. The van der Waals surface area contributed by atoms with E-state index in [1.165, 1.54) is 0 Å². The maximum atomic E-state index is 13.4. The van der Waals surface area contributed by atoms with E-state index in [2.05, 4.69) is 19.1 Å². The molecule has 0 aromatic heterocycles. The van der Waals surface area contributed by atoms with Gasteiger partial charge in [0.25, 0.3) is 0 Å². The first-order valence-electron chi connectivity index (χ1n) is 13.1. The molecule has 2 aliphatic carbocycles.